The van der Waals surface area contributed by atoms with Gasteiger partial charge in [0.05, 0.1) is 0 Å². The van der Waals surface area contributed by atoms with E-state index in [-0.39, 0.29) is 5.54 Å². The first-order valence-electron chi connectivity index (χ1n) is 4.59. The number of hydrogen-bond donors (Lipinski definition) is 1. The van der Waals surface area contributed by atoms with E-state index in [0.29, 0.717) is 5.95 Å². The van der Waals surface area contributed by atoms with Gasteiger partial charge in [0.15, 0.2) is 5.65 Å². The molecule has 0 saturated heterocycles. The van der Waals surface area contributed by atoms with Crippen molar-refractivity contribution in [2.24, 2.45) is 0 Å². The highest BCUT2D eigenvalue weighted by Crippen LogP contribution is 2.24. The second kappa shape index (κ2) is 2.70. The van der Waals surface area contributed by atoms with Crippen molar-refractivity contribution in [3.05, 3.63) is 18.3 Å². The van der Waals surface area contributed by atoms with Gasteiger partial charge in [-0.15, -0.1) is 0 Å². The Labute approximate surface area is 82.8 Å². The van der Waals surface area contributed by atoms with Crippen molar-refractivity contribution in [3.8, 4) is 0 Å². The zero-order chi connectivity index (χ0) is 10.3. The average molecular weight is 190 g/mol. The summed E-state index contributed by atoms with van der Waals surface area (Å²) in [6.07, 6.45) is 1.76. The highest BCUT2D eigenvalue weighted by atomic mass is 15.2. The Kier molecular flexibility index (Phi) is 1.74. The normalized spacial score (nSPS) is 12.2. The smallest absolute Gasteiger partial charge is 0.202 e. The molecule has 0 radical (unpaired) electrons. The Morgan fingerprint density at radius 1 is 1.36 bits per heavy atom. The van der Waals surface area contributed by atoms with Crippen LogP contribution in [0.1, 0.15) is 20.8 Å². The molecule has 0 aromatic carbocycles. The molecule has 0 amide bonds. The van der Waals surface area contributed by atoms with Gasteiger partial charge in [-0.2, -0.15) is 0 Å². The lowest BCUT2D eigenvalue weighted by molar-refractivity contribution is 0.412. The first kappa shape index (κ1) is 8.99. The fraction of sp³-hybridized carbons (Fsp3) is 0.400. The van der Waals surface area contributed by atoms with Crippen molar-refractivity contribution in [2.45, 2.75) is 26.3 Å². The van der Waals surface area contributed by atoms with Crippen LogP contribution >= 0.6 is 0 Å². The van der Waals surface area contributed by atoms with E-state index in [1.165, 1.54) is 0 Å². The molecule has 2 aromatic rings. The van der Waals surface area contributed by atoms with Crippen LogP contribution in [0.4, 0.5) is 5.95 Å². The van der Waals surface area contributed by atoms with E-state index in [1.54, 1.807) is 6.20 Å². The molecule has 0 bridgehead atoms. The van der Waals surface area contributed by atoms with Crippen LogP contribution in [0.5, 0.6) is 0 Å². The minimum Gasteiger partial charge on any atom is -0.369 e. The third-order valence-electron chi connectivity index (χ3n) is 2.11. The maximum Gasteiger partial charge on any atom is 0.202 e. The first-order valence-corrected chi connectivity index (χ1v) is 4.59. The Bertz CT molecular complexity index is 464. The van der Waals surface area contributed by atoms with E-state index in [1.807, 2.05) is 16.7 Å². The highest BCUT2D eigenvalue weighted by Gasteiger charge is 2.20. The van der Waals surface area contributed by atoms with Gasteiger partial charge in [0.1, 0.15) is 5.52 Å². The lowest BCUT2D eigenvalue weighted by Gasteiger charge is -2.22. The molecule has 0 unspecified atom stereocenters. The van der Waals surface area contributed by atoms with Crippen LogP contribution in [0, 0.1) is 0 Å². The van der Waals surface area contributed by atoms with E-state index in [9.17, 15) is 0 Å². The number of nitrogen functional groups attached to an aromatic ring is 1. The molecule has 0 aliphatic rings. The largest absolute Gasteiger partial charge is 0.369 e. The molecular formula is C10H14N4. The molecule has 4 heteroatoms. The minimum absolute atomic E-state index is 0.0901. The summed E-state index contributed by atoms with van der Waals surface area (Å²) in [6.45, 7) is 6.25. The summed E-state index contributed by atoms with van der Waals surface area (Å²) in [7, 11) is 0. The predicted octanol–water partition coefficient (Wildman–Crippen LogP) is 1.77. The monoisotopic (exact) mass is 190 g/mol. The summed E-state index contributed by atoms with van der Waals surface area (Å²) < 4.78 is 1.95. The maximum absolute atomic E-state index is 5.85. The van der Waals surface area contributed by atoms with Crippen molar-refractivity contribution in [1.29, 1.82) is 0 Å². The van der Waals surface area contributed by atoms with Crippen LogP contribution in [-0.4, -0.2) is 14.5 Å². The van der Waals surface area contributed by atoms with Crippen LogP contribution in [-0.2, 0) is 5.54 Å². The highest BCUT2D eigenvalue weighted by molar-refractivity contribution is 5.74. The summed E-state index contributed by atoms with van der Waals surface area (Å²) in [5, 5.41) is 0. The van der Waals surface area contributed by atoms with Gasteiger partial charge in [-0.05, 0) is 32.9 Å². The van der Waals surface area contributed by atoms with Crippen molar-refractivity contribution < 1.29 is 0 Å². The Morgan fingerprint density at radius 2 is 2.07 bits per heavy atom. The zero-order valence-electron chi connectivity index (χ0n) is 8.65. The predicted molar refractivity (Wildman–Crippen MR) is 56.9 cm³/mol. The Morgan fingerprint density at radius 3 is 2.71 bits per heavy atom. The Hall–Kier alpha value is -1.58. The van der Waals surface area contributed by atoms with Crippen LogP contribution in [0.25, 0.3) is 11.2 Å². The summed E-state index contributed by atoms with van der Waals surface area (Å²) in [6, 6.07) is 3.78. The van der Waals surface area contributed by atoms with Crippen LogP contribution < -0.4 is 5.73 Å². The molecule has 0 aliphatic heterocycles. The molecule has 0 atom stereocenters. The SMILES string of the molecule is CC(C)(C)n1c(N)nc2cccnc21. The molecule has 0 spiro atoms. The van der Waals surface area contributed by atoms with Gasteiger partial charge >= 0.3 is 0 Å². The molecule has 0 aliphatic carbocycles. The number of anilines is 1. The van der Waals surface area contributed by atoms with Crippen LogP contribution in [0.15, 0.2) is 18.3 Å². The van der Waals surface area contributed by atoms with Gasteiger partial charge in [-0.3, -0.25) is 4.57 Å². The van der Waals surface area contributed by atoms with Gasteiger partial charge in [0, 0.05) is 11.7 Å². The molecule has 74 valence electrons. The molecule has 14 heavy (non-hydrogen) atoms. The van der Waals surface area contributed by atoms with E-state index >= 15 is 0 Å². The zero-order valence-corrected chi connectivity index (χ0v) is 8.65. The lowest BCUT2D eigenvalue weighted by Crippen LogP contribution is -2.23. The third-order valence-corrected chi connectivity index (χ3v) is 2.11. The number of imidazole rings is 1. The fourth-order valence-electron chi connectivity index (χ4n) is 1.59. The van der Waals surface area contributed by atoms with Gasteiger partial charge in [0.25, 0.3) is 0 Å². The van der Waals surface area contributed by atoms with Gasteiger partial charge in [-0.25, -0.2) is 9.97 Å². The molecule has 2 rings (SSSR count). The Balaban J connectivity index is 2.81. The molecule has 4 nitrogen and oxygen atoms in total. The number of nitrogens with two attached hydrogens (primary N) is 1. The van der Waals surface area contributed by atoms with E-state index < -0.39 is 0 Å². The summed E-state index contributed by atoms with van der Waals surface area (Å²) in [4.78, 5) is 8.55. The van der Waals surface area contributed by atoms with E-state index in [0.717, 1.165) is 11.2 Å². The van der Waals surface area contributed by atoms with Crippen LogP contribution in [0.2, 0.25) is 0 Å². The standard InChI is InChI=1S/C10H14N4/c1-10(2,3)14-8-7(13-9(14)11)5-4-6-12-8/h4-6H,1-3H3,(H2,11,13). The molecule has 2 heterocycles. The van der Waals surface area contributed by atoms with Crippen molar-refractivity contribution >= 4 is 17.1 Å². The van der Waals surface area contributed by atoms with Gasteiger partial charge in [-0.1, -0.05) is 0 Å². The quantitative estimate of drug-likeness (QED) is 0.688. The van der Waals surface area contributed by atoms with Crippen molar-refractivity contribution in [2.75, 3.05) is 5.73 Å². The second-order valence-corrected chi connectivity index (χ2v) is 4.32. The van der Waals surface area contributed by atoms with Crippen molar-refractivity contribution in [1.82, 2.24) is 14.5 Å². The molecule has 2 N–H and O–H groups in total. The number of pyridine rings is 1. The van der Waals surface area contributed by atoms with E-state index in [4.69, 9.17) is 5.73 Å². The molecule has 0 fully saturated rings. The fourth-order valence-corrected chi connectivity index (χ4v) is 1.59. The number of hydrogen-bond acceptors (Lipinski definition) is 3. The molecular weight excluding hydrogens is 176 g/mol. The lowest BCUT2D eigenvalue weighted by atomic mass is 10.1. The molecule has 0 saturated carbocycles. The van der Waals surface area contributed by atoms with Gasteiger partial charge < -0.3 is 5.73 Å². The number of aromatic nitrogens is 3. The summed E-state index contributed by atoms with van der Waals surface area (Å²) >= 11 is 0. The summed E-state index contributed by atoms with van der Waals surface area (Å²) in [5.74, 6) is 0.520. The number of rotatable bonds is 0. The molecule has 2 aromatic heterocycles. The average Bonchev–Trinajstić information content (AvgIpc) is 2.38. The first-order chi connectivity index (χ1) is 6.50. The van der Waals surface area contributed by atoms with E-state index in [2.05, 4.69) is 30.7 Å². The number of fused-ring (bicyclic) bond motifs is 1. The minimum atomic E-state index is -0.0901. The summed E-state index contributed by atoms with van der Waals surface area (Å²) in [5.41, 5.74) is 7.45. The third kappa shape index (κ3) is 1.23. The second-order valence-electron chi connectivity index (χ2n) is 4.32. The topological polar surface area (TPSA) is 56.7 Å². The maximum atomic E-state index is 5.85. The van der Waals surface area contributed by atoms with Crippen LogP contribution in [0.3, 0.4) is 0 Å². The van der Waals surface area contributed by atoms with Crippen molar-refractivity contribution in [3.63, 3.8) is 0 Å². The van der Waals surface area contributed by atoms with Gasteiger partial charge in [0.2, 0.25) is 5.95 Å². The number of nitrogens with zero attached hydrogens (tertiary/aromatic N) is 3.